The van der Waals surface area contributed by atoms with Gasteiger partial charge >= 0.3 is 0 Å². The van der Waals surface area contributed by atoms with Crippen molar-refractivity contribution >= 4 is 0 Å². The van der Waals surface area contributed by atoms with E-state index >= 15 is 0 Å². The lowest BCUT2D eigenvalue weighted by Gasteiger charge is -2.28. The summed E-state index contributed by atoms with van der Waals surface area (Å²) in [5, 5.41) is 9.72. The van der Waals surface area contributed by atoms with Crippen molar-refractivity contribution in [3.8, 4) is 5.75 Å². The highest BCUT2D eigenvalue weighted by Gasteiger charge is 2.39. The third-order valence-electron chi connectivity index (χ3n) is 2.94. The SMILES string of the molecule is COc1ccc(C)cc1C(CN)C(O)C(C)(F)F. The molecule has 0 aliphatic rings. The summed E-state index contributed by atoms with van der Waals surface area (Å²) >= 11 is 0. The first-order valence-electron chi connectivity index (χ1n) is 5.71. The number of methoxy groups -OCH3 is 1. The van der Waals surface area contributed by atoms with E-state index in [-0.39, 0.29) is 6.54 Å². The van der Waals surface area contributed by atoms with Crippen LogP contribution in [0.3, 0.4) is 0 Å². The number of halogens is 2. The maximum Gasteiger partial charge on any atom is 0.271 e. The van der Waals surface area contributed by atoms with Gasteiger partial charge in [0, 0.05) is 24.9 Å². The van der Waals surface area contributed by atoms with Crippen LogP contribution in [0.25, 0.3) is 0 Å². The molecule has 3 nitrogen and oxygen atoms in total. The predicted molar refractivity (Wildman–Crippen MR) is 66.2 cm³/mol. The summed E-state index contributed by atoms with van der Waals surface area (Å²) in [6.45, 7) is 2.44. The number of aryl methyl sites for hydroxylation is 1. The molecule has 0 aliphatic carbocycles. The molecule has 0 aliphatic heterocycles. The van der Waals surface area contributed by atoms with Crippen LogP contribution in [0.2, 0.25) is 0 Å². The second-order valence-corrected chi connectivity index (χ2v) is 4.49. The second kappa shape index (κ2) is 5.63. The molecule has 18 heavy (non-hydrogen) atoms. The molecule has 2 unspecified atom stereocenters. The van der Waals surface area contributed by atoms with Crippen LogP contribution in [0.1, 0.15) is 24.0 Å². The lowest BCUT2D eigenvalue weighted by molar-refractivity contribution is -0.103. The first kappa shape index (κ1) is 14.9. The maximum absolute atomic E-state index is 13.2. The number of hydrogen-bond donors (Lipinski definition) is 2. The molecule has 0 saturated carbocycles. The molecule has 0 aromatic heterocycles. The fourth-order valence-corrected chi connectivity index (χ4v) is 1.92. The molecule has 0 bridgehead atoms. The molecule has 0 spiro atoms. The first-order chi connectivity index (χ1) is 8.31. The fraction of sp³-hybridized carbons (Fsp3) is 0.538. The molecule has 0 radical (unpaired) electrons. The van der Waals surface area contributed by atoms with Crippen LogP contribution in [0.5, 0.6) is 5.75 Å². The molecule has 5 heteroatoms. The normalized spacial score (nSPS) is 15.3. The van der Waals surface area contributed by atoms with E-state index < -0.39 is 17.9 Å². The first-order valence-corrected chi connectivity index (χ1v) is 5.71. The number of aliphatic hydroxyl groups is 1. The van der Waals surface area contributed by atoms with Crippen molar-refractivity contribution in [3.05, 3.63) is 29.3 Å². The Morgan fingerprint density at radius 1 is 1.44 bits per heavy atom. The van der Waals surface area contributed by atoms with Gasteiger partial charge in [-0.05, 0) is 13.0 Å². The smallest absolute Gasteiger partial charge is 0.271 e. The number of ether oxygens (including phenoxy) is 1. The van der Waals surface area contributed by atoms with Gasteiger partial charge < -0.3 is 15.6 Å². The van der Waals surface area contributed by atoms with E-state index in [1.54, 1.807) is 12.1 Å². The van der Waals surface area contributed by atoms with Gasteiger partial charge in [-0.2, -0.15) is 0 Å². The van der Waals surface area contributed by atoms with Gasteiger partial charge in [-0.1, -0.05) is 17.7 Å². The summed E-state index contributed by atoms with van der Waals surface area (Å²) in [7, 11) is 1.46. The van der Waals surface area contributed by atoms with Crippen LogP contribution in [0.4, 0.5) is 8.78 Å². The highest BCUT2D eigenvalue weighted by Crippen LogP contribution is 2.34. The van der Waals surface area contributed by atoms with Crippen molar-refractivity contribution in [2.75, 3.05) is 13.7 Å². The summed E-state index contributed by atoms with van der Waals surface area (Å²) in [4.78, 5) is 0. The van der Waals surface area contributed by atoms with E-state index in [1.165, 1.54) is 7.11 Å². The summed E-state index contributed by atoms with van der Waals surface area (Å²) in [5.41, 5.74) is 6.93. The van der Waals surface area contributed by atoms with Gasteiger partial charge in [0.1, 0.15) is 11.9 Å². The van der Waals surface area contributed by atoms with E-state index in [0.717, 1.165) is 5.56 Å². The van der Waals surface area contributed by atoms with Gasteiger partial charge in [-0.15, -0.1) is 0 Å². The van der Waals surface area contributed by atoms with Gasteiger partial charge in [-0.25, -0.2) is 8.78 Å². The highest BCUT2D eigenvalue weighted by molar-refractivity contribution is 5.40. The van der Waals surface area contributed by atoms with Gasteiger partial charge in [0.05, 0.1) is 7.11 Å². The molecule has 0 fully saturated rings. The number of aliphatic hydroxyl groups excluding tert-OH is 1. The zero-order valence-corrected chi connectivity index (χ0v) is 10.8. The molecule has 0 saturated heterocycles. The molecule has 1 rings (SSSR count). The molecular weight excluding hydrogens is 240 g/mol. The Kier molecular flexibility index (Phi) is 4.65. The number of rotatable bonds is 5. The summed E-state index contributed by atoms with van der Waals surface area (Å²) < 4.78 is 31.6. The van der Waals surface area contributed by atoms with Crippen molar-refractivity contribution in [2.24, 2.45) is 5.73 Å². The second-order valence-electron chi connectivity index (χ2n) is 4.49. The summed E-state index contributed by atoms with van der Waals surface area (Å²) in [6, 6.07) is 5.21. The molecule has 102 valence electrons. The van der Waals surface area contributed by atoms with Crippen LogP contribution >= 0.6 is 0 Å². The van der Waals surface area contributed by atoms with Gasteiger partial charge in [0.2, 0.25) is 0 Å². The quantitative estimate of drug-likeness (QED) is 0.851. The number of benzene rings is 1. The Balaban J connectivity index is 3.20. The van der Waals surface area contributed by atoms with Crippen molar-refractivity contribution in [3.63, 3.8) is 0 Å². The van der Waals surface area contributed by atoms with Crippen LogP contribution in [0.15, 0.2) is 18.2 Å². The third kappa shape index (κ3) is 3.17. The Bertz CT molecular complexity index is 404. The molecule has 2 atom stereocenters. The third-order valence-corrected chi connectivity index (χ3v) is 2.94. The molecule has 0 heterocycles. The largest absolute Gasteiger partial charge is 0.496 e. The van der Waals surface area contributed by atoms with E-state index in [2.05, 4.69) is 0 Å². The van der Waals surface area contributed by atoms with Crippen LogP contribution in [-0.2, 0) is 0 Å². The lowest BCUT2D eigenvalue weighted by atomic mass is 9.89. The fourth-order valence-electron chi connectivity index (χ4n) is 1.92. The summed E-state index contributed by atoms with van der Waals surface area (Å²) in [6.07, 6.45) is -1.84. The van der Waals surface area contributed by atoms with Gasteiger partial charge in [-0.3, -0.25) is 0 Å². The van der Waals surface area contributed by atoms with E-state index in [0.29, 0.717) is 18.2 Å². The minimum absolute atomic E-state index is 0.0790. The standard InChI is InChI=1S/C13H19F2NO2/c1-8-4-5-11(18-3)9(6-8)10(7-16)12(17)13(2,14)15/h4-6,10,12,17H,7,16H2,1-3H3. The Hall–Kier alpha value is -1.20. The van der Waals surface area contributed by atoms with E-state index in [1.807, 2.05) is 13.0 Å². The minimum Gasteiger partial charge on any atom is -0.496 e. The average molecular weight is 259 g/mol. The van der Waals surface area contributed by atoms with Crippen LogP contribution < -0.4 is 10.5 Å². The Morgan fingerprint density at radius 3 is 2.50 bits per heavy atom. The van der Waals surface area contributed by atoms with E-state index in [9.17, 15) is 13.9 Å². The van der Waals surface area contributed by atoms with Crippen molar-refractivity contribution in [1.82, 2.24) is 0 Å². The monoisotopic (exact) mass is 259 g/mol. The lowest BCUT2D eigenvalue weighted by Crippen LogP contribution is -2.39. The number of alkyl halides is 2. The topological polar surface area (TPSA) is 55.5 Å². The van der Waals surface area contributed by atoms with Gasteiger partial charge in [0.25, 0.3) is 5.92 Å². The predicted octanol–water partition coefficient (Wildman–Crippen LogP) is 2.06. The molecule has 1 aromatic rings. The maximum atomic E-state index is 13.2. The van der Waals surface area contributed by atoms with Crippen molar-refractivity contribution in [1.29, 1.82) is 0 Å². The van der Waals surface area contributed by atoms with Crippen LogP contribution in [-0.4, -0.2) is 30.8 Å². The highest BCUT2D eigenvalue weighted by atomic mass is 19.3. The zero-order chi connectivity index (χ0) is 13.9. The number of hydrogen-bond acceptors (Lipinski definition) is 3. The molecular formula is C13H19F2NO2. The molecule has 1 aromatic carbocycles. The van der Waals surface area contributed by atoms with Crippen LogP contribution in [0, 0.1) is 6.92 Å². The molecule has 3 N–H and O–H groups in total. The molecule has 0 amide bonds. The van der Waals surface area contributed by atoms with Crippen molar-refractivity contribution in [2.45, 2.75) is 31.8 Å². The van der Waals surface area contributed by atoms with Crippen molar-refractivity contribution < 1.29 is 18.6 Å². The Morgan fingerprint density at radius 2 is 2.06 bits per heavy atom. The number of nitrogens with two attached hydrogens (primary N) is 1. The van der Waals surface area contributed by atoms with Gasteiger partial charge in [0.15, 0.2) is 0 Å². The zero-order valence-electron chi connectivity index (χ0n) is 10.8. The van der Waals surface area contributed by atoms with E-state index in [4.69, 9.17) is 10.5 Å². The Labute approximate surface area is 106 Å². The summed E-state index contributed by atoms with van der Waals surface area (Å²) in [5.74, 6) is -3.61. The average Bonchev–Trinajstić information content (AvgIpc) is 2.29. The minimum atomic E-state index is -3.21.